The van der Waals surface area contributed by atoms with Crippen LogP contribution < -0.4 is 5.32 Å². The van der Waals surface area contributed by atoms with Gasteiger partial charge >= 0.3 is 0 Å². The van der Waals surface area contributed by atoms with Gasteiger partial charge in [-0.2, -0.15) is 11.8 Å². The van der Waals surface area contributed by atoms with Crippen LogP contribution in [0.3, 0.4) is 0 Å². The lowest BCUT2D eigenvalue weighted by molar-refractivity contribution is 0.353. The molecular weight excluding hydrogens is 202 g/mol. The topological polar surface area (TPSA) is 12.0 Å². The van der Waals surface area contributed by atoms with Crippen LogP contribution in [0.1, 0.15) is 52.4 Å². The third-order valence-corrected chi connectivity index (χ3v) is 5.34. The molecule has 0 heterocycles. The molecule has 0 aromatic heterocycles. The van der Waals surface area contributed by atoms with E-state index in [0.717, 1.165) is 17.3 Å². The predicted octanol–water partition coefficient (Wildman–Crippen LogP) is 3.44. The zero-order valence-electron chi connectivity index (χ0n) is 10.4. The fourth-order valence-electron chi connectivity index (χ4n) is 3.28. The van der Waals surface area contributed by atoms with Crippen molar-refractivity contribution in [2.45, 2.75) is 69.7 Å². The molecule has 0 radical (unpaired) electrons. The van der Waals surface area contributed by atoms with Gasteiger partial charge in [0.25, 0.3) is 0 Å². The van der Waals surface area contributed by atoms with Gasteiger partial charge in [-0.05, 0) is 43.8 Å². The average Bonchev–Trinajstić information content (AvgIpc) is 2.73. The highest BCUT2D eigenvalue weighted by Crippen LogP contribution is 2.38. The number of thioether (sulfide) groups is 1. The Morgan fingerprint density at radius 3 is 2.60 bits per heavy atom. The highest BCUT2D eigenvalue weighted by molar-refractivity contribution is 7.99. The van der Waals surface area contributed by atoms with Crippen molar-refractivity contribution in [3.05, 3.63) is 0 Å². The molecule has 0 saturated heterocycles. The molecule has 0 aromatic carbocycles. The molecule has 3 unspecified atom stereocenters. The quantitative estimate of drug-likeness (QED) is 0.792. The second kappa shape index (κ2) is 4.67. The Morgan fingerprint density at radius 2 is 2.00 bits per heavy atom. The van der Waals surface area contributed by atoms with Crippen molar-refractivity contribution in [3.63, 3.8) is 0 Å². The molecule has 1 N–H and O–H groups in total. The fourth-order valence-corrected chi connectivity index (χ4v) is 4.23. The minimum absolute atomic E-state index is 0.588. The van der Waals surface area contributed by atoms with Crippen LogP contribution in [0.4, 0.5) is 0 Å². The zero-order valence-corrected chi connectivity index (χ0v) is 11.2. The normalized spacial score (nSPS) is 39.8. The summed E-state index contributed by atoms with van der Waals surface area (Å²) in [6.45, 7) is 4.82. The van der Waals surface area contributed by atoms with E-state index >= 15 is 0 Å². The first-order valence-electron chi connectivity index (χ1n) is 6.39. The monoisotopic (exact) mass is 227 g/mol. The number of hydrogen-bond donors (Lipinski definition) is 1. The largest absolute Gasteiger partial charge is 0.310 e. The Balaban J connectivity index is 1.82. The van der Waals surface area contributed by atoms with E-state index in [-0.39, 0.29) is 0 Å². The van der Waals surface area contributed by atoms with Crippen molar-refractivity contribution in [1.29, 1.82) is 0 Å². The minimum atomic E-state index is 0.588. The molecular formula is C13H25NS. The van der Waals surface area contributed by atoms with Gasteiger partial charge in [0.2, 0.25) is 0 Å². The van der Waals surface area contributed by atoms with Crippen LogP contribution in [0.5, 0.6) is 0 Å². The predicted molar refractivity (Wildman–Crippen MR) is 69.5 cm³/mol. The zero-order chi connectivity index (χ0) is 10.9. The molecule has 88 valence electrons. The van der Waals surface area contributed by atoms with E-state index < -0.39 is 0 Å². The third kappa shape index (κ3) is 2.91. The maximum absolute atomic E-state index is 3.91. The Labute approximate surface area is 98.8 Å². The van der Waals surface area contributed by atoms with E-state index in [1.54, 1.807) is 0 Å². The standard InChI is InChI=1S/C13H25NS/c1-13(2)8-7-10(9-13)14-11-5-4-6-12(11)15-3/h10-12,14H,4-9H2,1-3H3. The first kappa shape index (κ1) is 11.8. The molecule has 2 saturated carbocycles. The van der Waals surface area contributed by atoms with Crippen LogP contribution in [0.25, 0.3) is 0 Å². The molecule has 0 bridgehead atoms. The smallest absolute Gasteiger partial charge is 0.0198 e. The molecule has 2 heteroatoms. The van der Waals surface area contributed by atoms with Gasteiger partial charge in [0.05, 0.1) is 0 Å². The molecule has 0 aromatic rings. The van der Waals surface area contributed by atoms with Gasteiger partial charge in [0.15, 0.2) is 0 Å². The lowest BCUT2D eigenvalue weighted by Crippen LogP contribution is -2.40. The van der Waals surface area contributed by atoms with Crippen molar-refractivity contribution >= 4 is 11.8 Å². The first-order valence-corrected chi connectivity index (χ1v) is 7.68. The van der Waals surface area contributed by atoms with Gasteiger partial charge in [-0.15, -0.1) is 0 Å². The first-order chi connectivity index (χ1) is 7.11. The van der Waals surface area contributed by atoms with Crippen LogP contribution >= 0.6 is 11.8 Å². The summed E-state index contributed by atoms with van der Waals surface area (Å²) in [5, 5.41) is 4.80. The van der Waals surface area contributed by atoms with E-state index in [1.807, 2.05) is 0 Å². The summed E-state index contributed by atoms with van der Waals surface area (Å²) in [5.41, 5.74) is 0.588. The van der Waals surface area contributed by atoms with Crippen LogP contribution in [0.15, 0.2) is 0 Å². The second-order valence-electron chi connectivity index (χ2n) is 6.08. The van der Waals surface area contributed by atoms with E-state index in [2.05, 4.69) is 37.2 Å². The number of hydrogen-bond acceptors (Lipinski definition) is 2. The summed E-state index contributed by atoms with van der Waals surface area (Å²) in [7, 11) is 0. The van der Waals surface area contributed by atoms with Crippen molar-refractivity contribution in [3.8, 4) is 0 Å². The maximum Gasteiger partial charge on any atom is 0.0198 e. The second-order valence-corrected chi connectivity index (χ2v) is 7.16. The van der Waals surface area contributed by atoms with Gasteiger partial charge in [-0.1, -0.05) is 20.3 Å². The van der Waals surface area contributed by atoms with Gasteiger partial charge in [0, 0.05) is 17.3 Å². The molecule has 2 rings (SSSR count). The summed E-state index contributed by atoms with van der Waals surface area (Å²) < 4.78 is 0. The minimum Gasteiger partial charge on any atom is -0.310 e. The van der Waals surface area contributed by atoms with Crippen molar-refractivity contribution < 1.29 is 0 Å². The highest BCUT2D eigenvalue weighted by Gasteiger charge is 2.34. The van der Waals surface area contributed by atoms with Crippen molar-refractivity contribution in [2.75, 3.05) is 6.26 Å². The highest BCUT2D eigenvalue weighted by atomic mass is 32.2. The summed E-state index contributed by atoms with van der Waals surface area (Å²) in [5.74, 6) is 0. The van der Waals surface area contributed by atoms with Crippen molar-refractivity contribution in [1.82, 2.24) is 5.32 Å². The maximum atomic E-state index is 3.91. The molecule has 2 aliphatic rings. The Kier molecular flexibility index (Phi) is 3.67. The fraction of sp³-hybridized carbons (Fsp3) is 1.00. The lowest BCUT2D eigenvalue weighted by Gasteiger charge is -2.25. The van der Waals surface area contributed by atoms with Crippen LogP contribution in [-0.2, 0) is 0 Å². The van der Waals surface area contributed by atoms with E-state index in [0.29, 0.717) is 5.41 Å². The van der Waals surface area contributed by atoms with Crippen LogP contribution in [0.2, 0.25) is 0 Å². The molecule has 0 spiro atoms. The molecule has 0 aliphatic heterocycles. The molecule has 1 nitrogen and oxygen atoms in total. The summed E-state index contributed by atoms with van der Waals surface area (Å²) >= 11 is 2.06. The van der Waals surface area contributed by atoms with Crippen LogP contribution in [-0.4, -0.2) is 23.6 Å². The average molecular weight is 227 g/mol. The Morgan fingerprint density at radius 1 is 1.20 bits per heavy atom. The molecule has 0 amide bonds. The Hall–Kier alpha value is 0.310. The third-order valence-electron chi connectivity index (χ3n) is 4.17. The summed E-state index contributed by atoms with van der Waals surface area (Å²) in [6.07, 6.45) is 10.7. The van der Waals surface area contributed by atoms with E-state index in [9.17, 15) is 0 Å². The van der Waals surface area contributed by atoms with Gasteiger partial charge in [-0.3, -0.25) is 0 Å². The van der Waals surface area contributed by atoms with Gasteiger partial charge < -0.3 is 5.32 Å². The van der Waals surface area contributed by atoms with E-state index in [1.165, 1.54) is 38.5 Å². The van der Waals surface area contributed by atoms with E-state index in [4.69, 9.17) is 0 Å². The van der Waals surface area contributed by atoms with Gasteiger partial charge in [0.1, 0.15) is 0 Å². The molecule has 15 heavy (non-hydrogen) atoms. The van der Waals surface area contributed by atoms with Crippen LogP contribution in [0, 0.1) is 5.41 Å². The van der Waals surface area contributed by atoms with Gasteiger partial charge in [-0.25, -0.2) is 0 Å². The molecule has 2 fully saturated rings. The SMILES string of the molecule is CSC1CCCC1NC1CCC(C)(C)C1. The number of rotatable bonds is 3. The molecule has 2 aliphatic carbocycles. The number of nitrogens with one attached hydrogen (secondary N) is 1. The lowest BCUT2D eigenvalue weighted by atomic mass is 9.92. The van der Waals surface area contributed by atoms with Crippen molar-refractivity contribution in [2.24, 2.45) is 5.41 Å². The Bertz CT molecular complexity index is 215. The summed E-state index contributed by atoms with van der Waals surface area (Å²) in [4.78, 5) is 0. The summed E-state index contributed by atoms with van der Waals surface area (Å²) in [6, 6.07) is 1.61. The molecule has 3 atom stereocenters.